The molecule has 1 aromatic carbocycles. The molecule has 3 aromatic rings. The number of nitrogens with two attached hydrogens (primary N) is 2. The molecular formula is C22H26N6O4S2. The highest BCUT2D eigenvalue weighted by atomic mass is 32.2. The zero-order valence-corrected chi connectivity index (χ0v) is 20.7. The first-order valence-electron chi connectivity index (χ1n) is 10.5. The number of nitrogen functional groups attached to an aromatic ring is 1. The van der Waals surface area contributed by atoms with E-state index in [-0.39, 0.29) is 23.9 Å². The van der Waals surface area contributed by atoms with Crippen molar-refractivity contribution in [1.82, 2.24) is 14.8 Å². The maximum absolute atomic E-state index is 13.3. The summed E-state index contributed by atoms with van der Waals surface area (Å²) in [4.78, 5) is 37.3. The van der Waals surface area contributed by atoms with Crippen LogP contribution in [0.3, 0.4) is 0 Å². The van der Waals surface area contributed by atoms with Crippen molar-refractivity contribution in [2.45, 2.75) is 38.4 Å². The minimum absolute atomic E-state index is 0.000679. The summed E-state index contributed by atoms with van der Waals surface area (Å²) in [7, 11) is 0. The number of carbonyl (C=O) groups is 3. The van der Waals surface area contributed by atoms with Gasteiger partial charge >= 0.3 is 5.97 Å². The van der Waals surface area contributed by atoms with Gasteiger partial charge in [0.15, 0.2) is 5.16 Å². The van der Waals surface area contributed by atoms with Crippen molar-refractivity contribution in [3.8, 4) is 11.1 Å². The smallest absolute Gasteiger partial charge is 0.316 e. The Hall–Kier alpha value is -3.38. The Kier molecular flexibility index (Phi) is 8.29. The summed E-state index contributed by atoms with van der Waals surface area (Å²) in [6.07, 6.45) is 0.364. The molecule has 1 atom stereocenters. The van der Waals surface area contributed by atoms with Crippen LogP contribution >= 0.6 is 23.1 Å². The first kappa shape index (κ1) is 25.2. The number of carbonyl (C=O) groups excluding carboxylic acids is 3. The van der Waals surface area contributed by atoms with Crippen LogP contribution in [-0.2, 0) is 14.3 Å². The molecule has 2 heterocycles. The number of ether oxygens (including phenoxy) is 1. The lowest BCUT2D eigenvalue weighted by atomic mass is 10.0. The molecule has 5 N–H and O–H groups in total. The summed E-state index contributed by atoms with van der Waals surface area (Å²) in [6, 6.07) is 6.90. The fourth-order valence-electron chi connectivity index (χ4n) is 3.33. The van der Waals surface area contributed by atoms with Gasteiger partial charge in [-0.15, -0.1) is 21.5 Å². The van der Waals surface area contributed by atoms with Gasteiger partial charge in [0.05, 0.1) is 17.9 Å². The van der Waals surface area contributed by atoms with E-state index >= 15 is 0 Å². The molecule has 0 radical (unpaired) electrons. The number of primary amides is 1. The van der Waals surface area contributed by atoms with Gasteiger partial charge in [-0.3, -0.25) is 19.0 Å². The number of amides is 2. The Labute approximate surface area is 205 Å². The van der Waals surface area contributed by atoms with Crippen molar-refractivity contribution in [3.63, 3.8) is 0 Å². The van der Waals surface area contributed by atoms with Gasteiger partial charge in [-0.05, 0) is 25.8 Å². The van der Waals surface area contributed by atoms with Crippen LogP contribution in [0.15, 0.2) is 34.8 Å². The van der Waals surface area contributed by atoms with E-state index in [1.54, 1.807) is 12.3 Å². The van der Waals surface area contributed by atoms with E-state index in [0.29, 0.717) is 22.1 Å². The SMILES string of the molecule is CCOC(=O)CSc1nnc(N)n1C(CC)C(=O)Nc1scc(-c2ccc(C)cc2)c1C(N)=O. The quantitative estimate of drug-likeness (QED) is 0.282. The highest BCUT2D eigenvalue weighted by Crippen LogP contribution is 2.36. The van der Waals surface area contributed by atoms with E-state index in [9.17, 15) is 14.4 Å². The van der Waals surface area contributed by atoms with Gasteiger partial charge < -0.3 is 21.5 Å². The van der Waals surface area contributed by atoms with Gasteiger partial charge in [0.25, 0.3) is 5.91 Å². The zero-order chi connectivity index (χ0) is 24.8. The molecule has 12 heteroatoms. The number of aryl methyl sites for hydroxylation is 1. The second-order valence-corrected chi connectivity index (χ2v) is 9.12. The predicted octanol–water partition coefficient (Wildman–Crippen LogP) is 3.24. The molecule has 0 saturated heterocycles. The largest absolute Gasteiger partial charge is 0.465 e. The van der Waals surface area contributed by atoms with E-state index in [1.807, 2.05) is 38.1 Å². The van der Waals surface area contributed by atoms with E-state index < -0.39 is 23.8 Å². The monoisotopic (exact) mass is 502 g/mol. The number of rotatable bonds is 10. The Balaban J connectivity index is 1.86. The summed E-state index contributed by atoms with van der Waals surface area (Å²) in [5.74, 6) is -1.43. The van der Waals surface area contributed by atoms with Crippen molar-refractivity contribution in [3.05, 3.63) is 40.8 Å². The highest BCUT2D eigenvalue weighted by Gasteiger charge is 2.28. The number of hydrogen-bond donors (Lipinski definition) is 3. The van der Waals surface area contributed by atoms with E-state index in [2.05, 4.69) is 15.5 Å². The molecule has 0 aliphatic rings. The maximum atomic E-state index is 13.3. The van der Waals surface area contributed by atoms with Crippen molar-refractivity contribution >= 4 is 51.8 Å². The minimum Gasteiger partial charge on any atom is -0.465 e. The van der Waals surface area contributed by atoms with E-state index in [4.69, 9.17) is 16.2 Å². The van der Waals surface area contributed by atoms with Crippen LogP contribution in [0.5, 0.6) is 0 Å². The summed E-state index contributed by atoms with van der Waals surface area (Å²) in [6.45, 7) is 5.76. The number of anilines is 2. The molecule has 0 saturated carbocycles. The van der Waals surface area contributed by atoms with Crippen LogP contribution in [0.4, 0.5) is 10.9 Å². The number of hydrogen-bond acceptors (Lipinski definition) is 9. The van der Waals surface area contributed by atoms with Gasteiger partial charge in [0.2, 0.25) is 11.9 Å². The second kappa shape index (κ2) is 11.2. The lowest BCUT2D eigenvalue weighted by molar-refractivity contribution is -0.139. The second-order valence-electron chi connectivity index (χ2n) is 7.30. The average molecular weight is 503 g/mol. The number of thiophene rings is 1. The van der Waals surface area contributed by atoms with Crippen LogP contribution in [0.2, 0.25) is 0 Å². The van der Waals surface area contributed by atoms with E-state index in [0.717, 1.165) is 22.9 Å². The molecule has 1 unspecified atom stereocenters. The van der Waals surface area contributed by atoms with Crippen LogP contribution in [0.25, 0.3) is 11.1 Å². The molecule has 180 valence electrons. The molecule has 0 aliphatic carbocycles. The number of aromatic nitrogens is 3. The minimum atomic E-state index is -0.773. The number of benzene rings is 1. The summed E-state index contributed by atoms with van der Waals surface area (Å²) in [5.41, 5.74) is 14.5. The first-order valence-corrected chi connectivity index (χ1v) is 12.4. The fourth-order valence-corrected chi connectivity index (χ4v) is 5.09. The lowest BCUT2D eigenvalue weighted by Crippen LogP contribution is -2.28. The number of thioether (sulfide) groups is 1. The third kappa shape index (κ3) is 5.57. The van der Waals surface area contributed by atoms with Crippen molar-refractivity contribution in [2.75, 3.05) is 23.4 Å². The molecule has 0 bridgehead atoms. The first-order chi connectivity index (χ1) is 16.3. The molecule has 2 amide bonds. The molecule has 34 heavy (non-hydrogen) atoms. The number of nitrogens with one attached hydrogen (secondary N) is 1. The van der Waals surface area contributed by atoms with Crippen molar-refractivity contribution in [2.24, 2.45) is 5.73 Å². The number of nitrogens with zero attached hydrogens (tertiary/aromatic N) is 3. The van der Waals surface area contributed by atoms with Crippen LogP contribution in [0.1, 0.15) is 42.2 Å². The van der Waals surface area contributed by atoms with Crippen LogP contribution < -0.4 is 16.8 Å². The van der Waals surface area contributed by atoms with Crippen molar-refractivity contribution in [1.29, 1.82) is 0 Å². The van der Waals surface area contributed by atoms with E-state index in [1.165, 1.54) is 15.9 Å². The third-order valence-electron chi connectivity index (χ3n) is 4.95. The lowest BCUT2D eigenvalue weighted by Gasteiger charge is -2.19. The molecule has 10 nitrogen and oxygen atoms in total. The predicted molar refractivity (Wildman–Crippen MR) is 133 cm³/mol. The highest BCUT2D eigenvalue weighted by molar-refractivity contribution is 7.99. The van der Waals surface area contributed by atoms with Gasteiger partial charge in [-0.25, -0.2) is 0 Å². The van der Waals surface area contributed by atoms with Crippen LogP contribution in [0, 0.1) is 6.92 Å². The summed E-state index contributed by atoms with van der Waals surface area (Å²) < 4.78 is 6.40. The topological polar surface area (TPSA) is 155 Å². The molecular weight excluding hydrogens is 476 g/mol. The van der Waals surface area contributed by atoms with Crippen molar-refractivity contribution < 1.29 is 19.1 Å². The van der Waals surface area contributed by atoms with Gasteiger partial charge in [0, 0.05) is 10.9 Å². The normalized spacial score (nSPS) is 11.7. The van der Waals surface area contributed by atoms with Gasteiger partial charge in [-0.1, -0.05) is 48.5 Å². The maximum Gasteiger partial charge on any atom is 0.316 e. The molecule has 3 rings (SSSR count). The van der Waals surface area contributed by atoms with Crippen LogP contribution in [-0.4, -0.2) is 44.9 Å². The summed E-state index contributed by atoms with van der Waals surface area (Å²) >= 11 is 2.29. The Morgan fingerprint density at radius 3 is 2.53 bits per heavy atom. The molecule has 0 aliphatic heterocycles. The molecule has 0 spiro atoms. The fraction of sp³-hybridized carbons (Fsp3) is 0.318. The Bertz CT molecular complexity index is 1190. The third-order valence-corrected chi connectivity index (χ3v) is 6.77. The zero-order valence-electron chi connectivity index (χ0n) is 19.0. The number of esters is 1. The summed E-state index contributed by atoms with van der Waals surface area (Å²) in [5, 5.41) is 13.1. The molecule has 0 fully saturated rings. The Morgan fingerprint density at radius 2 is 1.91 bits per heavy atom. The molecule has 2 aromatic heterocycles. The van der Waals surface area contributed by atoms with Gasteiger partial charge in [0.1, 0.15) is 11.0 Å². The standard InChI is InChI=1S/C22H26N6O4S2/c1-4-15(28-21(24)26-27-22(28)34-11-16(29)32-5-2)19(31)25-20-17(18(23)30)14(10-33-20)13-8-6-12(3)7-9-13/h6-10,15H,4-5,11H2,1-3H3,(H2,23,30)(H2,24,26)(H,25,31). The van der Waals surface area contributed by atoms with Gasteiger partial charge in [-0.2, -0.15) is 0 Å². The Morgan fingerprint density at radius 1 is 1.21 bits per heavy atom. The average Bonchev–Trinajstić information content (AvgIpc) is 3.37.